The highest BCUT2D eigenvalue weighted by atomic mass is 35.5. The van der Waals surface area contributed by atoms with Gasteiger partial charge in [-0.25, -0.2) is 4.68 Å². The van der Waals surface area contributed by atoms with Gasteiger partial charge in [0.15, 0.2) is 0 Å². The first kappa shape index (κ1) is 26.5. The number of thioether (sulfide) groups is 1. The van der Waals surface area contributed by atoms with Crippen LogP contribution in [0, 0.1) is 6.92 Å². The second-order valence-corrected chi connectivity index (χ2v) is 11.9. The van der Waals surface area contributed by atoms with Crippen LogP contribution < -0.4 is 10.2 Å². The van der Waals surface area contributed by atoms with Crippen molar-refractivity contribution < 1.29 is 9.59 Å². The summed E-state index contributed by atoms with van der Waals surface area (Å²) in [4.78, 5) is 29.5. The zero-order valence-corrected chi connectivity index (χ0v) is 23.9. The molecule has 1 aliphatic rings. The van der Waals surface area contributed by atoms with Crippen LogP contribution in [0.3, 0.4) is 0 Å². The Hall–Kier alpha value is -3.07. The van der Waals surface area contributed by atoms with Crippen LogP contribution in [0.1, 0.15) is 41.5 Å². The summed E-state index contributed by atoms with van der Waals surface area (Å²) in [6.07, 6.45) is 0.809. The molecule has 2 amide bonds. The number of anilines is 1. The maximum absolute atomic E-state index is 13.7. The molecule has 1 N–H and O–H groups in total. The summed E-state index contributed by atoms with van der Waals surface area (Å²) in [5, 5.41) is 10.7. The predicted octanol–water partition coefficient (Wildman–Crippen LogP) is 6.65. The molecule has 4 aromatic rings. The molecule has 2 atom stereocenters. The lowest BCUT2D eigenvalue weighted by atomic mass is 10.0. The molecule has 5 rings (SSSR count). The quantitative estimate of drug-likeness (QED) is 0.273. The van der Waals surface area contributed by atoms with Gasteiger partial charge in [-0.15, -0.1) is 23.1 Å². The Kier molecular flexibility index (Phi) is 7.93. The highest BCUT2D eigenvalue weighted by molar-refractivity contribution is 8.00. The van der Waals surface area contributed by atoms with Crippen LogP contribution in [0.4, 0.5) is 5.82 Å². The fourth-order valence-electron chi connectivity index (χ4n) is 4.44. The van der Waals surface area contributed by atoms with Crippen LogP contribution in [0.15, 0.2) is 66.0 Å². The van der Waals surface area contributed by atoms with E-state index in [4.69, 9.17) is 16.7 Å². The maximum atomic E-state index is 13.7. The molecule has 0 aliphatic carbocycles. The van der Waals surface area contributed by atoms with Gasteiger partial charge < -0.3 is 5.32 Å². The smallest absolute Gasteiger partial charge is 0.240 e. The van der Waals surface area contributed by atoms with Crippen molar-refractivity contribution in [2.75, 3.05) is 17.2 Å². The first-order chi connectivity index (χ1) is 18.4. The minimum Gasteiger partial charge on any atom is -0.352 e. The third kappa shape index (κ3) is 5.39. The van der Waals surface area contributed by atoms with E-state index < -0.39 is 0 Å². The predicted molar refractivity (Wildman–Crippen MR) is 158 cm³/mol. The number of nitrogens with zero attached hydrogens (tertiary/aromatic N) is 3. The second-order valence-electron chi connectivity index (χ2n) is 9.40. The Morgan fingerprint density at radius 1 is 1.16 bits per heavy atom. The summed E-state index contributed by atoms with van der Waals surface area (Å²) in [7, 11) is 0. The largest absolute Gasteiger partial charge is 0.352 e. The lowest BCUT2D eigenvalue weighted by Crippen LogP contribution is -2.44. The lowest BCUT2D eigenvalue weighted by molar-refractivity contribution is -0.123. The lowest BCUT2D eigenvalue weighted by Gasteiger charge is -2.24. The van der Waals surface area contributed by atoms with Gasteiger partial charge in [-0.3, -0.25) is 14.5 Å². The summed E-state index contributed by atoms with van der Waals surface area (Å²) in [6.45, 7) is 5.94. The molecule has 2 aromatic carbocycles. The van der Waals surface area contributed by atoms with Crippen LogP contribution in [0.25, 0.3) is 16.9 Å². The van der Waals surface area contributed by atoms with Crippen LogP contribution in [-0.2, 0) is 9.59 Å². The average Bonchev–Trinajstić information content (AvgIpc) is 3.55. The van der Waals surface area contributed by atoms with Crippen molar-refractivity contribution in [1.82, 2.24) is 15.1 Å². The Morgan fingerprint density at radius 2 is 1.89 bits per heavy atom. The van der Waals surface area contributed by atoms with Crippen molar-refractivity contribution in [2.24, 2.45) is 0 Å². The normalized spacial score (nSPS) is 16.2. The van der Waals surface area contributed by atoms with Gasteiger partial charge in [0.05, 0.1) is 22.4 Å². The van der Waals surface area contributed by atoms with Gasteiger partial charge in [0.1, 0.15) is 12.4 Å². The molecule has 3 heterocycles. The van der Waals surface area contributed by atoms with E-state index in [-0.39, 0.29) is 35.4 Å². The molecule has 9 heteroatoms. The summed E-state index contributed by atoms with van der Waals surface area (Å²) in [6, 6.07) is 19.8. The summed E-state index contributed by atoms with van der Waals surface area (Å²) < 4.78 is 1.82. The van der Waals surface area contributed by atoms with Gasteiger partial charge in [-0.2, -0.15) is 5.10 Å². The Balaban J connectivity index is 1.76. The second kappa shape index (κ2) is 11.4. The minimum absolute atomic E-state index is 0.0175. The zero-order chi connectivity index (χ0) is 26.8. The monoisotopic (exact) mass is 564 g/mol. The number of carbonyl (C=O) groups excluding carboxylic acids is 2. The van der Waals surface area contributed by atoms with E-state index >= 15 is 0 Å². The number of amides is 2. The van der Waals surface area contributed by atoms with Crippen molar-refractivity contribution >= 4 is 52.3 Å². The van der Waals surface area contributed by atoms with E-state index in [0.29, 0.717) is 10.8 Å². The van der Waals surface area contributed by atoms with Gasteiger partial charge in [0, 0.05) is 27.1 Å². The molecule has 0 saturated heterocycles. The van der Waals surface area contributed by atoms with Crippen LogP contribution in [0.2, 0.25) is 5.02 Å². The molecule has 0 saturated carbocycles. The maximum Gasteiger partial charge on any atom is 0.240 e. The van der Waals surface area contributed by atoms with Gasteiger partial charge in [0.2, 0.25) is 11.8 Å². The molecule has 196 valence electrons. The molecule has 38 heavy (non-hydrogen) atoms. The van der Waals surface area contributed by atoms with Crippen molar-refractivity contribution in [1.29, 1.82) is 0 Å². The topological polar surface area (TPSA) is 67.2 Å². The first-order valence-electron chi connectivity index (χ1n) is 12.6. The van der Waals surface area contributed by atoms with Gasteiger partial charge in [0.25, 0.3) is 0 Å². The van der Waals surface area contributed by atoms with E-state index in [1.165, 1.54) is 0 Å². The number of hydrogen-bond donors (Lipinski definition) is 1. The molecule has 2 aromatic heterocycles. The van der Waals surface area contributed by atoms with E-state index in [0.717, 1.165) is 39.4 Å². The fourth-order valence-corrected chi connectivity index (χ4v) is 6.74. The first-order valence-corrected chi connectivity index (χ1v) is 14.9. The Morgan fingerprint density at radius 3 is 2.55 bits per heavy atom. The third-order valence-corrected chi connectivity index (χ3v) is 9.18. The van der Waals surface area contributed by atoms with Gasteiger partial charge >= 0.3 is 0 Å². The minimum atomic E-state index is -0.192. The average molecular weight is 565 g/mol. The van der Waals surface area contributed by atoms with Gasteiger partial charge in [-0.1, -0.05) is 54.4 Å². The number of halogens is 1. The molecule has 0 bridgehead atoms. The van der Waals surface area contributed by atoms with Crippen LogP contribution in [-0.4, -0.2) is 39.9 Å². The number of thiophene rings is 1. The number of rotatable bonds is 7. The number of fused-ring (bicyclic) bond motifs is 1. The van der Waals surface area contributed by atoms with Crippen LogP contribution in [0.5, 0.6) is 0 Å². The van der Waals surface area contributed by atoms with E-state index in [2.05, 4.69) is 11.4 Å². The molecular formula is C29H29ClN4O2S2. The Labute approximate surface area is 236 Å². The molecule has 6 nitrogen and oxygen atoms in total. The van der Waals surface area contributed by atoms with Crippen LogP contribution >= 0.6 is 34.7 Å². The number of hydrogen-bond acceptors (Lipinski definition) is 5. The highest BCUT2D eigenvalue weighted by Gasteiger charge is 2.38. The summed E-state index contributed by atoms with van der Waals surface area (Å²) in [5.41, 5.74) is 4.53. The van der Waals surface area contributed by atoms with Crippen molar-refractivity contribution in [3.63, 3.8) is 0 Å². The number of benzene rings is 2. The highest BCUT2D eigenvalue weighted by Crippen LogP contribution is 2.49. The Bertz CT molecular complexity index is 1430. The fraction of sp³-hybridized carbons (Fsp3) is 0.276. The van der Waals surface area contributed by atoms with E-state index in [9.17, 15) is 9.59 Å². The molecule has 0 unspecified atom stereocenters. The standard InChI is InChI=1S/C29H29ClN4O2S2/c1-4-19(3)31-24(35)16-33-25(36)17-38-28(23-6-5-15-37-23)26-27(20-9-11-21(30)12-10-20)32-34(29(26)33)22-13-7-18(2)8-14-22/h5-15,19,28H,4,16-17H2,1-3H3,(H,31,35)/t19-,28+/m1/s1. The SMILES string of the molecule is CC[C@@H](C)NC(=O)CN1C(=O)CS[C@@H](c2cccs2)c2c(-c3ccc(Cl)cc3)nn(-c3ccc(C)cc3)c21. The summed E-state index contributed by atoms with van der Waals surface area (Å²) >= 11 is 9.45. The van der Waals surface area contributed by atoms with Crippen molar-refractivity contribution in [3.05, 3.63) is 87.1 Å². The number of aryl methyl sites for hydroxylation is 1. The third-order valence-electron chi connectivity index (χ3n) is 6.61. The van der Waals surface area contributed by atoms with Crippen molar-refractivity contribution in [3.8, 4) is 16.9 Å². The number of aromatic nitrogens is 2. The molecule has 0 fully saturated rings. The summed E-state index contributed by atoms with van der Waals surface area (Å²) in [5.74, 6) is 0.571. The molecule has 0 spiro atoms. The number of nitrogens with one attached hydrogen (secondary N) is 1. The molecule has 1 aliphatic heterocycles. The molecule has 0 radical (unpaired) electrons. The van der Waals surface area contributed by atoms with E-state index in [1.54, 1.807) is 28.0 Å². The molecular weight excluding hydrogens is 536 g/mol. The number of carbonyl (C=O) groups is 2. The zero-order valence-electron chi connectivity index (χ0n) is 21.5. The van der Waals surface area contributed by atoms with E-state index in [1.807, 2.05) is 85.4 Å². The van der Waals surface area contributed by atoms with Gasteiger partial charge in [-0.05, 0) is 56.0 Å². The van der Waals surface area contributed by atoms with Crippen molar-refractivity contribution in [2.45, 2.75) is 38.5 Å².